The fraction of sp³-hybridized carbons (Fsp3) is 0.917. The maximum absolute atomic E-state index is 10.1. The number of carboxylic acids is 1. The van der Waals surface area contributed by atoms with Crippen LogP contribution in [0.1, 0.15) is 71.1 Å². The molecule has 0 spiro atoms. The summed E-state index contributed by atoms with van der Waals surface area (Å²) in [6.07, 6.45) is 11.2. The Morgan fingerprint density at radius 2 is 1.27 bits per heavy atom. The largest absolute Gasteiger partial charge is 2.00 e. The summed E-state index contributed by atoms with van der Waals surface area (Å²) in [5.41, 5.74) is 0. The van der Waals surface area contributed by atoms with Crippen LogP contribution in [0.5, 0.6) is 0 Å². The summed E-state index contributed by atoms with van der Waals surface area (Å²) in [5, 5.41) is 10.1. The molecule has 0 aliphatic heterocycles. The molecule has 0 atom stereocenters. The van der Waals surface area contributed by atoms with E-state index in [-0.39, 0.29) is 55.3 Å². The van der Waals surface area contributed by atoms with Gasteiger partial charge in [0.15, 0.2) is 0 Å². The Hall–Kier alpha value is 1.04. The second kappa shape index (κ2) is 15.0. The van der Waals surface area contributed by atoms with Crippen LogP contribution in [-0.4, -0.2) is 54.9 Å². The van der Waals surface area contributed by atoms with Gasteiger partial charge in [0.2, 0.25) is 0 Å². The minimum Gasteiger partial charge on any atom is -0.550 e. The third kappa shape index (κ3) is 17.6. The van der Waals surface area contributed by atoms with Crippen molar-refractivity contribution in [2.24, 2.45) is 0 Å². The molecule has 0 aromatic carbocycles. The second-order valence-corrected chi connectivity index (χ2v) is 3.95. The van der Waals surface area contributed by atoms with Crippen molar-refractivity contribution in [3.8, 4) is 0 Å². The molecule has 0 rings (SSSR count). The zero-order valence-electron chi connectivity index (χ0n) is 10.1. The predicted octanol–water partition coefficient (Wildman–Crippen LogP) is 2.28. The molecule has 0 N–H and O–H groups in total. The van der Waals surface area contributed by atoms with E-state index in [0.717, 1.165) is 12.8 Å². The molecule has 0 aromatic rings. The number of unbranched alkanes of at least 4 members (excludes halogenated alkanes) is 8. The summed E-state index contributed by atoms with van der Waals surface area (Å²) >= 11 is 0. The number of hydrogen-bond donors (Lipinski definition) is 0. The first-order chi connectivity index (χ1) is 6.77. The molecule has 0 saturated heterocycles. The van der Waals surface area contributed by atoms with E-state index in [2.05, 4.69) is 6.92 Å². The van der Waals surface area contributed by atoms with E-state index in [9.17, 15) is 9.90 Å². The van der Waals surface area contributed by atoms with Crippen LogP contribution in [0.4, 0.5) is 0 Å². The Balaban J connectivity index is 0. The Labute approximate surface area is 134 Å². The van der Waals surface area contributed by atoms with Crippen molar-refractivity contribution in [2.75, 3.05) is 0 Å². The molecule has 0 amide bonds. The fourth-order valence-corrected chi connectivity index (χ4v) is 1.58. The van der Waals surface area contributed by atoms with Crippen LogP contribution in [0.25, 0.3) is 0 Å². The molecule has 15 heavy (non-hydrogen) atoms. The minimum absolute atomic E-state index is 0. The van der Waals surface area contributed by atoms with Crippen molar-refractivity contribution in [1.82, 2.24) is 0 Å². The molecular weight excluding hydrogens is 313 g/mol. The monoisotopic (exact) mass is 337 g/mol. The fourth-order valence-electron chi connectivity index (χ4n) is 1.58. The molecule has 0 radical (unpaired) electrons. The van der Waals surface area contributed by atoms with Crippen molar-refractivity contribution in [1.29, 1.82) is 0 Å². The van der Waals surface area contributed by atoms with Crippen molar-refractivity contribution in [3.05, 3.63) is 0 Å². The van der Waals surface area contributed by atoms with Crippen LogP contribution in [0.15, 0.2) is 0 Å². The molecule has 2 nitrogen and oxygen atoms in total. The number of aliphatic carboxylic acids is 1. The number of carbonyl (C=O) groups is 1. The van der Waals surface area contributed by atoms with Crippen molar-refractivity contribution < 1.29 is 9.90 Å². The quantitative estimate of drug-likeness (QED) is 0.453. The van der Waals surface area contributed by atoms with E-state index in [1.165, 1.54) is 44.9 Å². The normalized spacial score (nSPS) is 9.67. The van der Waals surface area contributed by atoms with Gasteiger partial charge in [0.25, 0.3) is 0 Å². The average Bonchev–Trinajstić information content (AvgIpc) is 2.15. The van der Waals surface area contributed by atoms with E-state index in [1.54, 1.807) is 0 Å². The van der Waals surface area contributed by atoms with Crippen molar-refractivity contribution in [3.63, 3.8) is 0 Å². The van der Waals surface area contributed by atoms with E-state index >= 15 is 0 Å². The zero-order chi connectivity index (χ0) is 10.6. The van der Waals surface area contributed by atoms with Gasteiger partial charge in [0, 0.05) is 5.97 Å². The van der Waals surface area contributed by atoms with Gasteiger partial charge in [-0.05, 0) is 12.8 Å². The van der Waals surface area contributed by atoms with Gasteiger partial charge in [0.05, 0.1) is 0 Å². The summed E-state index contributed by atoms with van der Waals surface area (Å²) in [7, 11) is 0. The van der Waals surface area contributed by atoms with Gasteiger partial charge in [-0.15, -0.1) is 0 Å². The summed E-state index contributed by atoms with van der Waals surface area (Å²) in [5.74, 6) is -0.909. The second-order valence-electron chi connectivity index (χ2n) is 3.95. The van der Waals surface area contributed by atoms with Crippen LogP contribution in [0.3, 0.4) is 0 Å². The third-order valence-electron chi connectivity index (χ3n) is 2.48. The van der Waals surface area contributed by atoms with Gasteiger partial charge < -0.3 is 9.90 Å². The van der Waals surface area contributed by atoms with Gasteiger partial charge in [-0.1, -0.05) is 58.3 Å². The number of carboxylic acid groups (broad SMARTS) is 1. The van der Waals surface area contributed by atoms with Crippen molar-refractivity contribution >= 4 is 54.9 Å². The summed E-state index contributed by atoms with van der Waals surface area (Å²) < 4.78 is 0. The van der Waals surface area contributed by atoms with Crippen molar-refractivity contribution in [2.45, 2.75) is 71.1 Å². The summed E-state index contributed by atoms with van der Waals surface area (Å²) in [6, 6.07) is 0. The molecule has 3 heteroatoms. The van der Waals surface area contributed by atoms with E-state index in [4.69, 9.17) is 0 Å². The van der Waals surface area contributed by atoms with Crippen LogP contribution < -0.4 is 5.11 Å². The topological polar surface area (TPSA) is 40.1 Å². The van der Waals surface area contributed by atoms with Gasteiger partial charge in [-0.25, -0.2) is 0 Å². The Kier molecular flexibility index (Phi) is 18.5. The molecule has 0 aliphatic carbocycles. The smallest absolute Gasteiger partial charge is 0.550 e. The molecule has 0 bridgehead atoms. The average molecular weight is 337 g/mol. The zero-order valence-corrected chi connectivity index (χ0v) is 14.5. The third-order valence-corrected chi connectivity index (χ3v) is 2.48. The van der Waals surface area contributed by atoms with Crippen LogP contribution >= 0.6 is 0 Å². The molecule has 0 saturated carbocycles. The summed E-state index contributed by atoms with van der Waals surface area (Å²) in [6.45, 7) is 2.22. The van der Waals surface area contributed by atoms with Gasteiger partial charge in [-0.2, -0.15) is 0 Å². The van der Waals surface area contributed by atoms with Crippen LogP contribution in [0.2, 0.25) is 0 Å². The predicted molar refractivity (Wildman–Crippen MR) is 62.6 cm³/mol. The summed E-state index contributed by atoms with van der Waals surface area (Å²) in [4.78, 5) is 10.1. The van der Waals surface area contributed by atoms with Crippen LogP contribution in [-0.2, 0) is 4.79 Å². The minimum atomic E-state index is -0.909. The number of rotatable bonds is 10. The molecular formula is C12H23BaO2+. The van der Waals surface area contributed by atoms with Gasteiger partial charge in [0.1, 0.15) is 0 Å². The van der Waals surface area contributed by atoms with Crippen LogP contribution in [0, 0.1) is 0 Å². The Morgan fingerprint density at radius 3 is 1.67 bits per heavy atom. The first-order valence-corrected chi connectivity index (χ1v) is 5.97. The number of hydrogen-bond acceptors (Lipinski definition) is 2. The first-order valence-electron chi connectivity index (χ1n) is 5.97. The molecule has 0 heterocycles. The molecule has 84 valence electrons. The molecule has 0 aromatic heterocycles. The Bertz CT molecular complexity index is 138. The first kappa shape index (κ1) is 18.4. The number of carbonyl (C=O) groups excluding carboxylic acids is 1. The van der Waals surface area contributed by atoms with Gasteiger partial charge in [-0.3, -0.25) is 0 Å². The SMILES string of the molecule is CCCCCCCCCCCC(=O)[O-].[Ba+2]. The van der Waals surface area contributed by atoms with E-state index < -0.39 is 5.97 Å². The standard InChI is InChI=1S/C12H24O2.Ba/c1-2-3-4-5-6-7-8-9-10-11-12(13)14;/h2-11H2,1H3,(H,13,14);/q;+2/p-1. The van der Waals surface area contributed by atoms with E-state index in [1.807, 2.05) is 0 Å². The Morgan fingerprint density at radius 1 is 0.867 bits per heavy atom. The maximum atomic E-state index is 10.1. The van der Waals surface area contributed by atoms with Gasteiger partial charge >= 0.3 is 48.9 Å². The molecule has 0 fully saturated rings. The van der Waals surface area contributed by atoms with E-state index in [0.29, 0.717) is 0 Å². The maximum Gasteiger partial charge on any atom is 2.00 e. The molecule has 0 unspecified atom stereocenters. The molecule has 0 aliphatic rings.